The second-order valence-electron chi connectivity index (χ2n) is 3.12. The van der Waals surface area contributed by atoms with E-state index < -0.39 is 12.2 Å². The first-order chi connectivity index (χ1) is 6.57. The van der Waals surface area contributed by atoms with E-state index in [4.69, 9.17) is 0 Å². The van der Waals surface area contributed by atoms with E-state index in [0.717, 1.165) is 15.6 Å². The van der Waals surface area contributed by atoms with Crippen molar-refractivity contribution in [1.82, 2.24) is 0 Å². The van der Waals surface area contributed by atoms with Gasteiger partial charge in [0.25, 0.3) is 0 Å². The predicted octanol–water partition coefficient (Wildman–Crippen LogP) is 2.55. The molecule has 1 aromatic carbocycles. The van der Waals surface area contributed by atoms with Gasteiger partial charge in [-0.05, 0) is 24.1 Å². The summed E-state index contributed by atoms with van der Waals surface area (Å²) in [4.78, 5) is 0. The maximum absolute atomic E-state index is 9.79. The summed E-state index contributed by atoms with van der Waals surface area (Å²) in [5, 5.41) is 19.6. The molecule has 0 radical (unpaired) electrons. The molecule has 2 atom stereocenters. The van der Waals surface area contributed by atoms with E-state index in [2.05, 4.69) is 31.9 Å². The van der Waals surface area contributed by atoms with Gasteiger partial charge in [-0.3, -0.25) is 0 Å². The van der Waals surface area contributed by atoms with Crippen LogP contribution in [0.3, 0.4) is 0 Å². The van der Waals surface area contributed by atoms with Crippen LogP contribution < -0.4 is 0 Å². The van der Waals surface area contributed by atoms with Gasteiger partial charge in [-0.25, -0.2) is 0 Å². The van der Waals surface area contributed by atoms with Gasteiger partial charge < -0.3 is 10.2 Å². The molecule has 4 heteroatoms. The van der Waals surface area contributed by atoms with E-state index in [0.29, 0.717) is 5.33 Å². The topological polar surface area (TPSA) is 40.5 Å². The van der Waals surface area contributed by atoms with Crippen LogP contribution in [-0.4, -0.2) is 21.6 Å². The van der Waals surface area contributed by atoms with Crippen molar-refractivity contribution >= 4 is 31.9 Å². The van der Waals surface area contributed by atoms with Gasteiger partial charge in [0.05, 0.1) is 6.10 Å². The smallest absolute Gasteiger partial charge is 0.106 e. The molecule has 2 unspecified atom stereocenters. The third kappa shape index (κ3) is 2.57. The van der Waals surface area contributed by atoms with Crippen LogP contribution in [0.5, 0.6) is 0 Å². The second-order valence-corrected chi connectivity index (χ2v) is 4.62. The highest BCUT2D eigenvalue weighted by Gasteiger charge is 2.19. The number of aliphatic hydroxyl groups is 2. The number of hydrogen-bond acceptors (Lipinski definition) is 2. The Morgan fingerprint density at radius 1 is 1.36 bits per heavy atom. The lowest BCUT2D eigenvalue weighted by Crippen LogP contribution is -2.20. The van der Waals surface area contributed by atoms with Gasteiger partial charge in [-0.15, -0.1) is 0 Å². The predicted molar refractivity (Wildman–Crippen MR) is 63.6 cm³/mol. The summed E-state index contributed by atoms with van der Waals surface area (Å²) in [6.07, 6.45) is -1.62. The molecule has 0 aromatic heterocycles. The van der Waals surface area contributed by atoms with Crippen LogP contribution >= 0.6 is 31.9 Å². The largest absolute Gasteiger partial charge is 0.389 e. The molecule has 0 heterocycles. The molecule has 0 amide bonds. The van der Waals surface area contributed by atoms with E-state index in [1.54, 1.807) is 0 Å². The zero-order valence-electron chi connectivity index (χ0n) is 7.74. The summed E-state index contributed by atoms with van der Waals surface area (Å²) in [7, 11) is 0. The van der Waals surface area contributed by atoms with Crippen LogP contribution in [0.4, 0.5) is 0 Å². The minimum absolute atomic E-state index is 0.361. The van der Waals surface area contributed by atoms with Crippen molar-refractivity contribution < 1.29 is 10.2 Å². The number of hydrogen-bond donors (Lipinski definition) is 2. The molecular weight excluding hydrogens is 312 g/mol. The molecule has 0 aliphatic rings. The summed E-state index contributed by atoms with van der Waals surface area (Å²) in [5.74, 6) is 0. The van der Waals surface area contributed by atoms with E-state index >= 15 is 0 Å². The Morgan fingerprint density at radius 2 is 2.00 bits per heavy atom. The average Bonchev–Trinajstić information content (AvgIpc) is 2.20. The van der Waals surface area contributed by atoms with Gasteiger partial charge in [0.2, 0.25) is 0 Å². The molecule has 0 aliphatic carbocycles. The zero-order valence-corrected chi connectivity index (χ0v) is 10.9. The molecule has 1 aromatic rings. The fraction of sp³-hybridized carbons (Fsp3) is 0.400. The molecule has 14 heavy (non-hydrogen) atoms. The third-order valence-corrected chi connectivity index (χ3v) is 3.67. The van der Waals surface area contributed by atoms with Crippen molar-refractivity contribution in [2.45, 2.75) is 19.1 Å². The number of rotatable bonds is 3. The maximum Gasteiger partial charge on any atom is 0.106 e. The summed E-state index contributed by atoms with van der Waals surface area (Å²) in [6, 6.07) is 5.57. The minimum atomic E-state index is -0.841. The minimum Gasteiger partial charge on any atom is -0.389 e. The Hall–Kier alpha value is 0.100. The van der Waals surface area contributed by atoms with Crippen molar-refractivity contribution in [3.63, 3.8) is 0 Å². The van der Waals surface area contributed by atoms with Gasteiger partial charge in [0.1, 0.15) is 6.10 Å². The quantitative estimate of drug-likeness (QED) is 0.839. The molecule has 78 valence electrons. The molecule has 0 saturated heterocycles. The summed E-state index contributed by atoms with van der Waals surface area (Å²) in [5.41, 5.74) is 1.71. The van der Waals surface area contributed by atoms with Crippen LogP contribution in [0.2, 0.25) is 0 Å². The molecule has 0 saturated carbocycles. The molecule has 0 fully saturated rings. The molecular formula is C10H12Br2O2. The van der Waals surface area contributed by atoms with Gasteiger partial charge in [0.15, 0.2) is 0 Å². The first kappa shape index (κ1) is 12.2. The first-order valence-corrected chi connectivity index (χ1v) is 6.16. The highest BCUT2D eigenvalue weighted by Crippen LogP contribution is 2.26. The Balaban J connectivity index is 3.01. The van der Waals surface area contributed by atoms with Gasteiger partial charge in [-0.1, -0.05) is 44.0 Å². The Labute approximate surface area is 100 Å². The summed E-state index contributed by atoms with van der Waals surface area (Å²) in [6.45, 7) is 1.91. The Morgan fingerprint density at radius 3 is 2.57 bits per heavy atom. The fourth-order valence-electron chi connectivity index (χ4n) is 1.24. The molecule has 2 N–H and O–H groups in total. The summed E-state index contributed by atoms with van der Waals surface area (Å²) < 4.78 is 0.941. The first-order valence-electron chi connectivity index (χ1n) is 4.25. The van der Waals surface area contributed by atoms with E-state index in [1.807, 2.05) is 25.1 Å². The number of alkyl halides is 1. The van der Waals surface area contributed by atoms with Crippen LogP contribution in [0, 0.1) is 6.92 Å². The van der Waals surface area contributed by atoms with Crippen molar-refractivity contribution in [3.8, 4) is 0 Å². The highest BCUT2D eigenvalue weighted by molar-refractivity contribution is 9.10. The molecule has 0 aliphatic heterocycles. The number of aliphatic hydroxyl groups excluding tert-OH is 2. The molecule has 2 nitrogen and oxygen atoms in total. The van der Waals surface area contributed by atoms with E-state index in [9.17, 15) is 10.2 Å². The van der Waals surface area contributed by atoms with E-state index in [1.165, 1.54) is 0 Å². The van der Waals surface area contributed by atoms with Crippen LogP contribution in [0.15, 0.2) is 22.7 Å². The number of halogens is 2. The highest BCUT2D eigenvalue weighted by atomic mass is 79.9. The second kappa shape index (κ2) is 5.26. The Bertz CT molecular complexity index is 315. The van der Waals surface area contributed by atoms with Crippen molar-refractivity contribution in [2.75, 3.05) is 5.33 Å². The van der Waals surface area contributed by atoms with Crippen LogP contribution in [-0.2, 0) is 0 Å². The molecule has 1 rings (SSSR count). The van der Waals surface area contributed by atoms with Crippen molar-refractivity contribution in [2.24, 2.45) is 0 Å². The van der Waals surface area contributed by atoms with Gasteiger partial charge >= 0.3 is 0 Å². The fourth-order valence-corrected chi connectivity index (χ4v) is 1.97. The van der Waals surface area contributed by atoms with Gasteiger partial charge in [-0.2, -0.15) is 0 Å². The van der Waals surface area contributed by atoms with Crippen molar-refractivity contribution in [1.29, 1.82) is 0 Å². The van der Waals surface area contributed by atoms with Crippen molar-refractivity contribution in [3.05, 3.63) is 33.8 Å². The SMILES string of the molecule is Cc1c(Br)cccc1C(O)C(O)CBr. The Kier molecular flexibility index (Phi) is 4.57. The standard InChI is InChI=1S/C10H12Br2O2/c1-6-7(3-2-4-8(6)12)10(14)9(13)5-11/h2-4,9-10,13-14H,5H2,1H3. The van der Waals surface area contributed by atoms with Gasteiger partial charge in [0, 0.05) is 9.80 Å². The zero-order chi connectivity index (χ0) is 10.7. The lowest BCUT2D eigenvalue weighted by atomic mass is 10.0. The monoisotopic (exact) mass is 322 g/mol. The molecule has 0 bridgehead atoms. The normalized spacial score (nSPS) is 15.2. The summed E-state index contributed by atoms with van der Waals surface area (Å²) >= 11 is 6.51. The van der Waals surface area contributed by atoms with Crippen LogP contribution in [0.25, 0.3) is 0 Å². The maximum atomic E-state index is 9.79. The third-order valence-electron chi connectivity index (χ3n) is 2.15. The van der Waals surface area contributed by atoms with Crippen LogP contribution in [0.1, 0.15) is 17.2 Å². The average molecular weight is 324 g/mol. The lowest BCUT2D eigenvalue weighted by molar-refractivity contribution is 0.0338. The molecule has 0 spiro atoms. The van der Waals surface area contributed by atoms with E-state index in [-0.39, 0.29) is 0 Å². The number of benzene rings is 1. The lowest BCUT2D eigenvalue weighted by Gasteiger charge is -2.18.